The van der Waals surface area contributed by atoms with Crippen molar-refractivity contribution in [3.8, 4) is 0 Å². The van der Waals surface area contributed by atoms with Gasteiger partial charge in [0.25, 0.3) is 0 Å². The van der Waals surface area contributed by atoms with Crippen LogP contribution in [0, 0.1) is 0 Å². The van der Waals surface area contributed by atoms with E-state index in [0.29, 0.717) is 18.2 Å². The van der Waals surface area contributed by atoms with Gasteiger partial charge in [-0.3, -0.25) is 0 Å². The molecule has 28 heavy (non-hydrogen) atoms. The Balaban J connectivity index is 1.76. The molecule has 0 amide bonds. The molecule has 0 aliphatic rings. The van der Waals surface area contributed by atoms with Crippen LogP contribution in [0.15, 0.2) is 75.8 Å². The molecule has 0 saturated heterocycles. The minimum Gasteiger partial charge on any atom is -0.467 e. The van der Waals surface area contributed by atoms with Crippen LogP contribution in [0.25, 0.3) is 0 Å². The summed E-state index contributed by atoms with van der Waals surface area (Å²) >= 11 is 9.17. The molecule has 5 heteroatoms. The largest absolute Gasteiger partial charge is 0.467 e. The summed E-state index contributed by atoms with van der Waals surface area (Å²) in [6.07, 6.45) is 1.69. The molecular formula is C23H25BrN2OS. The van der Waals surface area contributed by atoms with E-state index >= 15 is 0 Å². The molecule has 0 bridgehead atoms. The number of nitrogens with zero attached hydrogens (tertiary/aromatic N) is 1. The summed E-state index contributed by atoms with van der Waals surface area (Å²) in [4.78, 5) is 2.11. The second-order valence-electron chi connectivity index (χ2n) is 7.82. The third-order valence-corrected chi connectivity index (χ3v) is 5.39. The molecule has 2 aromatic carbocycles. The van der Waals surface area contributed by atoms with Crippen LogP contribution < -0.4 is 5.32 Å². The van der Waals surface area contributed by atoms with E-state index in [1.165, 1.54) is 11.1 Å². The highest BCUT2D eigenvalue weighted by Gasteiger charge is 2.16. The lowest BCUT2D eigenvalue weighted by molar-refractivity contribution is 0.360. The summed E-state index contributed by atoms with van der Waals surface area (Å²) in [6, 6.07) is 20.6. The molecule has 3 aromatic rings. The van der Waals surface area contributed by atoms with Crippen LogP contribution in [0.1, 0.15) is 37.7 Å². The van der Waals surface area contributed by atoms with Gasteiger partial charge in [0, 0.05) is 16.7 Å². The Hall–Kier alpha value is -2.11. The van der Waals surface area contributed by atoms with Crippen molar-refractivity contribution >= 4 is 38.9 Å². The standard InChI is InChI=1S/C23H25BrN2OS/c1-23(2,3)18-8-6-17(7-9-18)15-26(16-21-5-4-14-27-21)22(28)25-20-12-10-19(24)11-13-20/h4-14H,15-16H2,1-3H3,(H,25,28). The lowest BCUT2D eigenvalue weighted by Gasteiger charge is -2.26. The van der Waals surface area contributed by atoms with Gasteiger partial charge in [-0.1, -0.05) is 61.0 Å². The molecule has 0 fully saturated rings. The van der Waals surface area contributed by atoms with Gasteiger partial charge in [-0.25, -0.2) is 0 Å². The monoisotopic (exact) mass is 456 g/mol. The molecule has 0 aliphatic carbocycles. The number of halogens is 1. The van der Waals surface area contributed by atoms with Gasteiger partial charge in [-0.2, -0.15) is 0 Å². The number of nitrogens with one attached hydrogen (secondary N) is 1. The van der Waals surface area contributed by atoms with Crippen molar-refractivity contribution in [1.29, 1.82) is 0 Å². The van der Waals surface area contributed by atoms with Crippen LogP contribution >= 0.6 is 28.1 Å². The third-order valence-electron chi connectivity index (χ3n) is 4.50. The number of benzene rings is 2. The zero-order valence-electron chi connectivity index (χ0n) is 16.4. The highest BCUT2D eigenvalue weighted by Crippen LogP contribution is 2.23. The van der Waals surface area contributed by atoms with Gasteiger partial charge in [-0.05, 0) is 65.2 Å². The maximum absolute atomic E-state index is 5.71. The van der Waals surface area contributed by atoms with E-state index in [0.717, 1.165) is 15.9 Å². The molecule has 1 aromatic heterocycles. The maximum Gasteiger partial charge on any atom is 0.174 e. The van der Waals surface area contributed by atoms with Crippen LogP contribution in [0.2, 0.25) is 0 Å². The molecule has 0 spiro atoms. The van der Waals surface area contributed by atoms with Crippen molar-refractivity contribution in [3.05, 3.63) is 88.3 Å². The van der Waals surface area contributed by atoms with Crippen LogP contribution in [0.4, 0.5) is 5.69 Å². The predicted octanol–water partition coefficient (Wildman–Crippen LogP) is 6.74. The Morgan fingerprint density at radius 3 is 2.25 bits per heavy atom. The fourth-order valence-electron chi connectivity index (χ4n) is 2.86. The molecule has 0 radical (unpaired) electrons. The quantitative estimate of drug-likeness (QED) is 0.430. The van der Waals surface area contributed by atoms with Crippen LogP contribution in [0.3, 0.4) is 0 Å². The van der Waals surface area contributed by atoms with E-state index in [2.05, 4.69) is 71.2 Å². The smallest absolute Gasteiger partial charge is 0.174 e. The zero-order valence-corrected chi connectivity index (χ0v) is 18.8. The topological polar surface area (TPSA) is 28.4 Å². The minimum absolute atomic E-state index is 0.144. The van der Waals surface area contributed by atoms with Crippen molar-refractivity contribution in [3.63, 3.8) is 0 Å². The van der Waals surface area contributed by atoms with Crippen LogP contribution in [-0.2, 0) is 18.5 Å². The molecule has 3 rings (SSSR count). The Labute approximate surface area is 180 Å². The van der Waals surface area contributed by atoms with Crippen molar-refractivity contribution in [2.45, 2.75) is 39.3 Å². The maximum atomic E-state index is 5.71. The molecule has 1 heterocycles. The zero-order chi connectivity index (χ0) is 20.1. The molecule has 1 N–H and O–H groups in total. The Bertz CT molecular complexity index is 897. The first-order valence-corrected chi connectivity index (χ1v) is 10.4. The van der Waals surface area contributed by atoms with Crippen molar-refractivity contribution in [2.24, 2.45) is 0 Å². The summed E-state index contributed by atoms with van der Waals surface area (Å²) in [6.45, 7) is 7.98. The van der Waals surface area contributed by atoms with Crippen molar-refractivity contribution in [1.82, 2.24) is 4.90 Å². The minimum atomic E-state index is 0.144. The van der Waals surface area contributed by atoms with Crippen LogP contribution in [0.5, 0.6) is 0 Å². The second kappa shape index (κ2) is 8.93. The summed E-state index contributed by atoms with van der Waals surface area (Å²) in [7, 11) is 0. The summed E-state index contributed by atoms with van der Waals surface area (Å²) < 4.78 is 6.58. The van der Waals surface area contributed by atoms with E-state index in [1.54, 1.807) is 6.26 Å². The van der Waals surface area contributed by atoms with Gasteiger partial charge < -0.3 is 14.6 Å². The van der Waals surface area contributed by atoms with Gasteiger partial charge in [0.15, 0.2) is 5.11 Å². The average Bonchev–Trinajstić information content (AvgIpc) is 3.16. The number of hydrogen-bond acceptors (Lipinski definition) is 2. The summed E-state index contributed by atoms with van der Waals surface area (Å²) in [5.74, 6) is 0.881. The van der Waals surface area contributed by atoms with Crippen molar-refractivity contribution in [2.75, 3.05) is 5.32 Å². The van der Waals surface area contributed by atoms with Gasteiger partial charge in [-0.15, -0.1) is 0 Å². The lowest BCUT2D eigenvalue weighted by atomic mass is 9.87. The lowest BCUT2D eigenvalue weighted by Crippen LogP contribution is -2.33. The number of rotatable bonds is 5. The predicted molar refractivity (Wildman–Crippen MR) is 123 cm³/mol. The summed E-state index contributed by atoms with van der Waals surface area (Å²) in [5.41, 5.74) is 3.63. The molecule has 0 aliphatic heterocycles. The normalized spacial score (nSPS) is 11.3. The number of hydrogen-bond donors (Lipinski definition) is 1. The first-order chi connectivity index (χ1) is 13.3. The van der Waals surface area contributed by atoms with E-state index in [-0.39, 0.29) is 5.41 Å². The van der Waals surface area contributed by atoms with E-state index < -0.39 is 0 Å². The first-order valence-electron chi connectivity index (χ1n) is 9.24. The van der Waals surface area contributed by atoms with E-state index in [1.807, 2.05) is 36.4 Å². The molecule has 0 atom stereocenters. The van der Waals surface area contributed by atoms with Gasteiger partial charge in [0.1, 0.15) is 5.76 Å². The highest BCUT2D eigenvalue weighted by molar-refractivity contribution is 9.10. The van der Waals surface area contributed by atoms with Crippen molar-refractivity contribution < 1.29 is 4.42 Å². The molecular weight excluding hydrogens is 432 g/mol. The molecule has 3 nitrogen and oxygen atoms in total. The Morgan fingerprint density at radius 1 is 1.00 bits per heavy atom. The second-order valence-corrected chi connectivity index (χ2v) is 9.12. The van der Waals surface area contributed by atoms with Gasteiger partial charge in [0.05, 0.1) is 12.8 Å². The fraction of sp³-hybridized carbons (Fsp3) is 0.261. The first kappa shape index (κ1) is 20.6. The van der Waals surface area contributed by atoms with Gasteiger partial charge >= 0.3 is 0 Å². The fourth-order valence-corrected chi connectivity index (χ4v) is 3.37. The number of thiocarbonyl (C=S) groups is 1. The highest BCUT2D eigenvalue weighted by atomic mass is 79.9. The molecule has 0 saturated carbocycles. The average molecular weight is 457 g/mol. The van der Waals surface area contributed by atoms with Crippen LogP contribution in [-0.4, -0.2) is 10.0 Å². The SMILES string of the molecule is CC(C)(C)c1ccc(CN(Cc2ccco2)C(=S)Nc2ccc(Br)cc2)cc1. The Kier molecular flexibility index (Phi) is 6.57. The number of furan rings is 1. The summed E-state index contributed by atoms with van der Waals surface area (Å²) in [5, 5.41) is 4.00. The van der Waals surface area contributed by atoms with E-state index in [9.17, 15) is 0 Å². The molecule has 0 unspecified atom stereocenters. The van der Waals surface area contributed by atoms with E-state index in [4.69, 9.17) is 16.6 Å². The van der Waals surface area contributed by atoms with Gasteiger partial charge in [0.2, 0.25) is 0 Å². The Morgan fingerprint density at radius 2 is 1.68 bits per heavy atom. The third kappa shape index (κ3) is 5.69. The molecule has 146 valence electrons. The number of anilines is 1.